The van der Waals surface area contributed by atoms with Gasteiger partial charge in [-0.3, -0.25) is 0 Å². The van der Waals surface area contributed by atoms with Crippen molar-refractivity contribution in [2.45, 2.75) is 25.4 Å². The Hall–Kier alpha value is -1.76. The number of para-hydroxylation sites is 1. The third-order valence-electron chi connectivity index (χ3n) is 3.39. The minimum Gasteiger partial charge on any atom is -0.490 e. The maximum absolute atomic E-state index is 5.88. The number of hydrogen-bond acceptors (Lipinski definition) is 1. The molecule has 2 aromatic rings. The molecule has 0 saturated carbocycles. The number of ether oxygens (including phenoxy) is 1. The summed E-state index contributed by atoms with van der Waals surface area (Å²) in [6.45, 7) is 2.14. The van der Waals surface area contributed by atoms with Crippen LogP contribution in [0.1, 0.15) is 30.4 Å². The molecule has 0 N–H and O–H groups in total. The van der Waals surface area contributed by atoms with Crippen molar-refractivity contribution < 1.29 is 4.74 Å². The Morgan fingerprint density at radius 3 is 2.47 bits per heavy atom. The van der Waals surface area contributed by atoms with Gasteiger partial charge in [0.25, 0.3) is 0 Å². The summed E-state index contributed by atoms with van der Waals surface area (Å²) in [5.74, 6) is 1.51. The summed E-state index contributed by atoms with van der Waals surface area (Å²) in [5, 5.41) is 0. The molecule has 1 heterocycles. The van der Waals surface area contributed by atoms with Crippen LogP contribution in [0.4, 0.5) is 0 Å². The molecule has 0 aromatic heterocycles. The molecule has 1 nitrogen and oxygen atoms in total. The highest BCUT2D eigenvalue weighted by molar-refractivity contribution is 5.43. The standard InChI is InChI=1S/C16H16O/c1-12-11-15(13-7-3-2-4-8-13)14-9-5-6-10-16(14)17-12/h2-10,12,15H,11H2,1H3. The van der Waals surface area contributed by atoms with Crippen molar-refractivity contribution in [1.82, 2.24) is 0 Å². The number of hydrogen-bond donors (Lipinski definition) is 0. The molecule has 0 spiro atoms. The van der Waals surface area contributed by atoms with E-state index in [4.69, 9.17) is 4.74 Å². The molecule has 0 amide bonds. The van der Waals surface area contributed by atoms with E-state index in [0.717, 1.165) is 12.2 Å². The van der Waals surface area contributed by atoms with Crippen LogP contribution in [0.25, 0.3) is 0 Å². The summed E-state index contributed by atoms with van der Waals surface area (Å²) in [6, 6.07) is 19.1. The Labute approximate surface area is 102 Å². The predicted molar refractivity (Wildman–Crippen MR) is 69.4 cm³/mol. The van der Waals surface area contributed by atoms with Crippen LogP contribution in [0.2, 0.25) is 0 Å². The lowest BCUT2D eigenvalue weighted by atomic mass is 9.84. The fraction of sp³-hybridized carbons (Fsp3) is 0.250. The van der Waals surface area contributed by atoms with Crippen LogP contribution in [0.5, 0.6) is 5.75 Å². The fourth-order valence-corrected chi connectivity index (χ4v) is 2.60. The zero-order chi connectivity index (χ0) is 11.7. The molecule has 1 heteroatoms. The topological polar surface area (TPSA) is 9.23 Å². The minimum absolute atomic E-state index is 0.287. The van der Waals surface area contributed by atoms with Gasteiger partial charge in [0.2, 0.25) is 0 Å². The van der Waals surface area contributed by atoms with E-state index in [-0.39, 0.29) is 6.10 Å². The molecule has 0 aliphatic carbocycles. The first-order valence-electron chi connectivity index (χ1n) is 6.15. The van der Waals surface area contributed by atoms with Gasteiger partial charge in [-0.15, -0.1) is 0 Å². The van der Waals surface area contributed by atoms with Gasteiger partial charge in [-0.1, -0.05) is 48.5 Å². The number of fused-ring (bicyclic) bond motifs is 1. The quantitative estimate of drug-likeness (QED) is 0.711. The van der Waals surface area contributed by atoms with Crippen LogP contribution in [-0.2, 0) is 0 Å². The van der Waals surface area contributed by atoms with Crippen LogP contribution in [0.15, 0.2) is 54.6 Å². The van der Waals surface area contributed by atoms with E-state index in [0.29, 0.717) is 5.92 Å². The summed E-state index contributed by atoms with van der Waals surface area (Å²) in [6.07, 6.45) is 1.34. The van der Waals surface area contributed by atoms with Gasteiger partial charge >= 0.3 is 0 Å². The second-order valence-corrected chi connectivity index (χ2v) is 4.67. The monoisotopic (exact) mass is 224 g/mol. The molecule has 0 saturated heterocycles. The first-order valence-corrected chi connectivity index (χ1v) is 6.15. The highest BCUT2D eigenvalue weighted by Crippen LogP contribution is 2.39. The summed E-state index contributed by atoms with van der Waals surface area (Å²) < 4.78 is 5.88. The smallest absolute Gasteiger partial charge is 0.123 e. The van der Waals surface area contributed by atoms with Crippen molar-refractivity contribution in [3.8, 4) is 5.75 Å². The van der Waals surface area contributed by atoms with Crippen LogP contribution in [0, 0.1) is 0 Å². The minimum atomic E-state index is 0.287. The number of rotatable bonds is 1. The van der Waals surface area contributed by atoms with Crippen molar-refractivity contribution in [2.24, 2.45) is 0 Å². The maximum atomic E-state index is 5.88. The zero-order valence-electron chi connectivity index (χ0n) is 9.97. The van der Waals surface area contributed by atoms with E-state index >= 15 is 0 Å². The van der Waals surface area contributed by atoms with E-state index in [1.807, 2.05) is 6.07 Å². The van der Waals surface area contributed by atoms with Gasteiger partial charge in [-0.05, 0) is 25.0 Å². The molecular formula is C16H16O. The third kappa shape index (κ3) is 1.93. The van der Waals surface area contributed by atoms with Gasteiger partial charge < -0.3 is 4.74 Å². The molecule has 3 rings (SSSR count). The molecule has 17 heavy (non-hydrogen) atoms. The van der Waals surface area contributed by atoms with E-state index in [1.54, 1.807) is 0 Å². The van der Waals surface area contributed by atoms with E-state index < -0.39 is 0 Å². The molecular weight excluding hydrogens is 208 g/mol. The summed E-state index contributed by atoms with van der Waals surface area (Å²) in [4.78, 5) is 0. The summed E-state index contributed by atoms with van der Waals surface area (Å²) in [5.41, 5.74) is 2.70. The Morgan fingerprint density at radius 2 is 1.65 bits per heavy atom. The molecule has 0 radical (unpaired) electrons. The van der Waals surface area contributed by atoms with Gasteiger partial charge in [0.15, 0.2) is 0 Å². The highest BCUT2D eigenvalue weighted by atomic mass is 16.5. The van der Waals surface area contributed by atoms with E-state index in [1.165, 1.54) is 11.1 Å². The lowest BCUT2D eigenvalue weighted by Gasteiger charge is -2.30. The van der Waals surface area contributed by atoms with Crippen molar-refractivity contribution in [2.75, 3.05) is 0 Å². The normalized spacial score (nSPS) is 22.6. The van der Waals surface area contributed by atoms with Crippen molar-refractivity contribution >= 4 is 0 Å². The second kappa shape index (κ2) is 4.25. The second-order valence-electron chi connectivity index (χ2n) is 4.67. The lowest BCUT2D eigenvalue weighted by molar-refractivity contribution is 0.183. The molecule has 2 unspecified atom stereocenters. The molecule has 2 atom stereocenters. The number of benzene rings is 2. The average Bonchev–Trinajstić information content (AvgIpc) is 2.39. The van der Waals surface area contributed by atoms with Crippen LogP contribution in [0.3, 0.4) is 0 Å². The molecule has 0 fully saturated rings. The zero-order valence-corrected chi connectivity index (χ0v) is 9.97. The molecule has 86 valence electrons. The lowest BCUT2D eigenvalue weighted by Crippen LogP contribution is -2.23. The predicted octanol–water partition coefficient (Wildman–Crippen LogP) is 3.99. The molecule has 1 aliphatic rings. The SMILES string of the molecule is CC1CC(c2ccccc2)c2ccccc2O1. The van der Waals surface area contributed by atoms with Crippen LogP contribution in [-0.4, -0.2) is 6.10 Å². The van der Waals surface area contributed by atoms with Gasteiger partial charge in [0, 0.05) is 11.5 Å². The third-order valence-corrected chi connectivity index (χ3v) is 3.39. The highest BCUT2D eigenvalue weighted by Gasteiger charge is 2.26. The maximum Gasteiger partial charge on any atom is 0.123 e. The average molecular weight is 224 g/mol. The van der Waals surface area contributed by atoms with E-state index in [2.05, 4.69) is 55.5 Å². The van der Waals surface area contributed by atoms with Crippen molar-refractivity contribution in [3.05, 3.63) is 65.7 Å². The van der Waals surface area contributed by atoms with Crippen molar-refractivity contribution in [1.29, 1.82) is 0 Å². The molecule has 1 aliphatic heterocycles. The Balaban J connectivity index is 2.07. The van der Waals surface area contributed by atoms with Crippen molar-refractivity contribution in [3.63, 3.8) is 0 Å². The largest absolute Gasteiger partial charge is 0.490 e. The van der Waals surface area contributed by atoms with Gasteiger partial charge in [0.05, 0.1) is 6.10 Å². The van der Waals surface area contributed by atoms with E-state index in [9.17, 15) is 0 Å². The Morgan fingerprint density at radius 1 is 0.941 bits per heavy atom. The van der Waals surface area contributed by atoms with Crippen LogP contribution >= 0.6 is 0 Å². The van der Waals surface area contributed by atoms with Crippen LogP contribution < -0.4 is 4.74 Å². The molecule has 0 bridgehead atoms. The van der Waals surface area contributed by atoms with Gasteiger partial charge in [0.1, 0.15) is 5.75 Å². The summed E-state index contributed by atoms with van der Waals surface area (Å²) in [7, 11) is 0. The first kappa shape index (κ1) is 10.4. The first-order chi connectivity index (χ1) is 8.34. The Bertz CT molecular complexity index is 504. The van der Waals surface area contributed by atoms with Gasteiger partial charge in [-0.2, -0.15) is 0 Å². The summed E-state index contributed by atoms with van der Waals surface area (Å²) >= 11 is 0. The fourth-order valence-electron chi connectivity index (χ4n) is 2.60. The molecule has 2 aromatic carbocycles. The van der Waals surface area contributed by atoms with Gasteiger partial charge in [-0.25, -0.2) is 0 Å². The Kier molecular flexibility index (Phi) is 2.60.